The Bertz CT molecular complexity index is 540. The normalized spacial score (nSPS) is 9.89. The van der Waals surface area contributed by atoms with Gasteiger partial charge in [0.25, 0.3) is 5.91 Å². The van der Waals surface area contributed by atoms with Gasteiger partial charge in [-0.3, -0.25) is 15.5 Å². The van der Waals surface area contributed by atoms with E-state index >= 15 is 0 Å². The van der Waals surface area contributed by atoms with Crippen LogP contribution in [0.15, 0.2) is 42.6 Å². The molecule has 2 aromatic rings. The average Bonchev–Trinajstić information content (AvgIpc) is 2.41. The van der Waals surface area contributed by atoms with E-state index in [1.54, 1.807) is 36.4 Å². The number of amides is 1. The van der Waals surface area contributed by atoms with Crippen LogP contribution in [-0.2, 0) is 0 Å². The third-order valence-corrected chi connectivity index (χ3v) is 2.49. The Morgan fingerprint density at radius 1 is 1.11 bits per heavy atom. The summed E-state index contributed by atoms with van der Waals surface area (Å²) in [5.74, 6) is -0.261. The number of nitrogens with zero attached hydrogens (tertiary/aromatic N) is 1. The van der Waals surface area contributed by atoms with Crippen molar-refractivity contribution in [3.05, 3.63) is 53.3 Å². The molecule has 1 heterocycles. The number of anilines is 2. The number of carbonyl (C=O) groups excluding carboxylic acids is 1. The highest BCUT2D eigenvalue weighted by molar-refractivity contribution is 6.29. The minimum atomic E-state index is -0.261. The molecule has 0 atom stereocenters. The minimum Gasteiger partial charge on any atom is -0.321 e. The van der Waals surface area contributed by atoms with Gasteiger partial charge in [0.15, 0.2) is 0 Å². The van der Waals surface area contributed by atoms with Gasteiger partial charge in [-0.1, -0.05) is 11.6 Å². The summed E-state index contributed by atoms with van der Waals surface area (Å²) in [7, 11) is 0. The molecule has 1 aromatic carbocycles. The number of rotatable bonds is 3. The predicted octanol–water partition coefficient (Wildman–Crippen LogP) is 2.79. The van der Waals surface area contributed by atoms with Crippen molar-refractivity contribution in [2.24, 2.45) is 0 Å². The lowest BCUT2D eigenvalue weighted by atomic mass is 10.2. The highest BCUT2D eigenvalue weighted by Crippen LogP contribution is 2.13. The van der Waals surface area contributed by atoms with E-state index in [9.17, 15) is 4.79 Å². The molecule has 0 radical (unpaired) electrons. The molecule has 1 amide bonds. The van der Waals surface area contributed by atoms with Crippen LogP contribution in [-0.4, -0.2) is 16.1 Å². The number of carbonyl (C=O) groups is 1. The standard InChI is InChI=1S/C12H10ClN3O2/c13-11-6-5-10(7-14-11)15-12(17)8-1-3-9(16-18)4-2-8/h1-7,16,18H,(H,15,17). The molecule has 0 bridgehead atoms. The minimum absolute atomic E-state index is 0.261. The fourth-order valence-corrected chi connectivity index (χ4v) is 1.46. The van der Waals surface area contributed by atoms with E-state index in [1.165, 1.54) is 6.20 Å². The van der Waals surface area contributed by atoms with Crippen LogP contribution in [0.3, 0.4) is 0 Å². The fourth-order valence-electron chi connectivity index (χ4n) is 1.35. The van der Waals surface area contributed by atoms with Gasteiger partial charge in [-0.05, 0) is 36.4 Å². The summed E-state index contributed by atoms with van der Waals surface area (Å²) in [5, 5.41) is 11.7. The second-order valence-electron chi connectivity index (χ2n) is 3.51. The maximum absolute atomic E-state index is 11.8. The molecule has 0 spiro atoms. The van der Waals surface area contributed by atoms with Gasteiger partial charge >= 0.3 is 0 Å². The zero-order valence-corrected chi connectivity index (χ0v) is 9.98. The molecule has 0 saturated carbocycles. The van der Waals surface area contributed by atoms with Crippen molar-refractivity contribution in [1.29, 1.82) is 0 Å². The molecule has 5 nitrogen and oxygen atoms in total. The summed E-state index contributed by atoms with van der Waals surface area (Å²) >= 11 is 5.64. The molecule has 0 aliphatic carbocycles. The first-order valence-electron chi connectivity index (χ1n) is 5.12. The fraction of sp³-hybridized carbons (Fsp3) is 0. The number of aromatic nitrogens is 1. The Morgan fingerprint density at radius 2 is 1.78 bits per heavy atom. The van der Waals surface area contributed by atoms with E-state index in [1.807, 2.05) is 5.48 Å². The summed E-state index contributed by atoms with van der Waals surface area (Å²) in [4.78, 5) is 15.7. The van der Waals surface area contributed by atoms with Gasteiger partial charge < -0.3 is 5.32 Å². The number of hydrogen-bond acceptors (Lipinski definition) is 4. The maximum atomic E-state index is 11.8. The Hall–Kier alpha value is -2.11. The lowest BCUT2D eigenvalue weighted by Crippen LogP contribution is -2.11. The molecule has 0 fully saturated rings. The number of nitrogens with one attached hydrogen (secondary N) is 2. The van der Waals surface area contributed by atoms with E-state index in [2.05, 4.69) is 10.3 Å². The average molecular weight is 264 g/mol. The smallest absolute Gasteiger partial charge is 0.255 e. The number of halogens is 1. The van der Waals surface area contributed by atoms with Gasteiger partial charge in [-0.15, -0.1) is 0 Å². The van der Waals surface area contributed by atoms with Gasteiger partial charge in [-0.2, -0.15) is 0 Å². The molecule has 3 N–H and O–H groups in total. The highest BCUT2D eigenvalue weighted by atomic mass is 35.5. The molecule has 0 aliphatic heterocycles. The first-order valence-corrected chi connectivity index (χ1v) is 5.50. The number of benzene rings is 1. The lowest BCUT2D eigenvalue weighted by molar-refractivity contribution is 0.102. The zero-order chi connectivity index (χ0) is 13.0. The van der Waals surface area contributed by atoms with Crippen LogP contribution in [0.25, 0.3) is 0 Å². The van der Waals surface area contributed by atoms with Gasteiger partial charge in [0.05, 0.1) is 17.6 Å². The van der Waals surface area contributed by atoms with E-state index in [4.69, 9.17) is 16.8 Å². The van der Waals surface area contributed by atoms with Crippen molar-refractivity contribution in [2.75, 3.05) is 10.8 Å². The van der Waals surface area contributed by atoms with Crippen LogP contribution < -0.4 is 10.8 Å². The Balaban J connectivity index is 2.09. The number of pyridine rings is 1. The molecule has 6 heteroatoms. The Kier molecular flexibility index (Phi) is 3.76. The van der Waals surface area contributed by atoms with E-state index in [-0.39, 0.29) is 5.91 Å². The van der Waals surface area contributed by atoms with Crippen molar-refractivity contribution in [1.82, 2.24) is 4.98 Å². The molecule has 0 unspecified atom stereocenters. The molecule has 1 aromatic heterocycles. The molecule has 92 valence electrons. The summed E-state index contributed by atoms with van der Waals surface area (Å²) in [5.41, 5.74) is 3.55. The Morgan fingerprint density at radius 3 is 2.33 bits per heavy atom. The summed E-state index contributed by atoms with van der Waals surface area (Å²) in [6, 6.07) is 9.63. The third kappa shape index (κ3) is 2.97. The quantitative estimate of drug-likeness (QED) is 0.588. The molecule has 0 saturated heterocycles. The second kappa shape index (κ2) is 5.48. The lowest BCUT2D eigenvalue weighted by Gasteiger charge is -2.05. The van der Waals surface area contributed by atoms with Crippen LogP contribution in [0.1, 0.15) is 10.4 Å². The molecular formula is C12H10ClN3O2. The van der Waals surface area contributed by atoms with Crippen LogP contribution in [0.4, 0.5) is 11.4 Å². The third-order valence-electron chi connectivity index (χ3n) is 2.26. The van der Waals surface area contributed by atoms with Gasteiger partial charge in [0.2, 0.25) is 0 Å². The van der Waals surface area contributed by atoms with Crippen LogP contribution >= 0.6 is 11.6 Å². The first kappa shape index (κ1) is 12.3. The highest BCUT2D eigenvalue weighted by Gasteiger charge is 2.06. The van der Waals surface area contributed by atoms with Crippen molar-refractivity contribution in [2.45, 2.75) is 0 Å². The largest absolute Gasteiger partial charge is 0.321 e. The summed E-state index contributed by atoms with van der Waals surface area (Å²) in [6.45, 7) is 0. The molecule has 0 aliphatic rings. The monoisotopic (exact) mass is 263 g/mol. The molecule has 18 heavy (non-hydrogen) atoms. The SMILES string of the molecule is O=C(Nc1ccc(Cl)nc1)c1ccc(NO)cc1. The Labute approximate surface area is 108 Å². The molecular weight excluding hydrogens is 254 g/mol. The van der Waals surface area contributed by atoms with Crippen LogP contribution in [0, 0.1) is 0 Å². The van der Waals surface area contributed by atoms with Crippen molar-refractivity contribution < 1.29 is 10.0 Å². The predicted molar refractivity (Wildman–Crippen MR) is 69.1 cm³/mol. The van der Waals surface area contributed by atoms with Crippen molar-refractivity contribution in [3.8, 4) is 0 Å². The second-order valence-corrected chi connectivity index (χ2v) is 3.90. The zero-order valence-electron chi connectivity index (χ0n) is 9.22. The maximum Gasteiger partial charge on any atom is 0.255 e. The van der Waals surface area contributed by atoms with E-state index < -0.39 is 0 Å². The molecule has 2 rings (SSSR count). The van der Waals surface area contributed by atoms with Gasteiger partial charge in [0.1, 0.15) is 5.15 Å². The van der Waals surface area contributed by atoms with Gasteiger partial charge in [-0.25, -0.2) is 4.98 Å². The first-order chi connectivity index (χ1) is 8.69. The van der Waals surface area contributed by atoms with Crippen molar-refractivity contribution in [3.63, 3.8) is 0 Å². The van der Waals surface area contributed by atoms with E-state index in [0.717, 1.165) is 0 Å². The number of hydrogen-bond donors (Lipinski definition) is 3. The summed E-state index contributed by atoms with van der Waals surface area (Å²) < 4.78 is 0. The van der Waals surface area contributed by atoms with Gasteiger partial charge in [0, 0.05) is 5.56 Å². The summed E-state index contributed by atoms with van der Waals surface area (Å²) in [6.07, 6.45) is 1.48. The topological polar surface area (TPSA) is 74.2 Å². The van der Waals surface area contributed by atoms with Crippen molar-refractivity contribution >= 4 is 28.9 Å². The van der Waals surface area contributed by atoms with Crippen LogP contribution in [0.5, 0.6) is 0 Å². The van der Waals surface area contributed by atoms with E-state index in [0.29, 0.717) is 22.1 Å². The van der Waals surface area contributed by atoms with Crippen LogP contribution in [0.2, 0.25) is 5.15 Å².